The van der Waals surface area contributed by atoms with Crippen LogP contribution < -0.4 is 0 Å². The van der Waals surface area contributed by atoms with Crippen molar-refractivity contribution in [2.24, 2.45) is 11.8 Å². The monoisotopic (exact) mass is 187 g/mol. The van der Waals surface area contributed by atoms with Gasteiger partial charge in [0.15, 0.2) is 0 Å². The normalized spacial score (nSPS) is 29.8. The molecule has 0 saturated carbocycles. The van der Waals surface area contributed by atoms with Gasteiger partial charge in [0.1, 0.15) is 0 Å². The minimum Gasteiger partial charge on any atom is -0.400 e. The molecule has 0 unspecified atom stereocenters. The zero-order valence-corrected chi connectivity index (χ0v) is 9.75. The van der Waals surface area contributed by atoms with Crippen molar-refractivity contribution in [2.75, 3.05) is 20.2 Å². The number of hydrogen-bond donors (Lipinski definition) is 1. The highest BCUT2D eigenvalue weighted by molar-refractivity contribution is 4.76. The van der Waals surface area contributed by atoms with E-state index in [2.05, 4.69) is 32.6 Å². The maximum atomic E-state index is 7.00. The number of aliphatic hydroxyl groups is 1. The fourth-order valence-corrected chi connectivity index (χ4v) is 2.13. The van der Waals surface area contributed by atoms with Gasteiger partial charge in [-0.25, -0.2) is 0 Å². The second kappa shape index (κ2) is 6.39. The van der Waals surface area contributed by atoms with Crippen LogP contribution in [-0.4, -0.2) is 36.2 Å². The molecule has 2 atom stereocenters. The number of aliphatic hydroxyl groups excluding tert-OH is 1. The van der Waals surface area contributed by atoms with Gasteiger partial charge in [0.05, 0.1) is 0 Å². The highest BCUT2D eigenvalue weighted by Crippen LogP contribution is 2.22. The topological polar surface area (TPSA) is 23.5 Å². The van der Waals surface area contributed by atoms with Crippen LogP contribution in [0.3, 0.4) is 0 Å². The minimum absolute atomic E-state index is 0.736. The van der Waals surface area contributed by atoms with Crippen LogP contribution in [0.5, 0.6) is 0 Å². The van der Waals surface area contributed by atoms with E-state index in [9.17, 15) is 0 Å². The van der Waals surface area contributed by atoms with E-state index in [1.165, 1.54) is 19.5 Å². The van der Waals surface area contributed by atoms with Gasteiger partial charge in [0.25, 0.3) is 0 Å². The molecule has 0 aromatic heterocycles. The molecule has 1 N–H and O–H groups in total. The molecule has 1 aliphatic rings. The van der Waals surface area contributed by atoms with Gasteiger partial charge in [-0.05, 0) is 32.1 Å². The Morgan fingerprint density at radius 3 is 1.77 bits per heavy atom. The molecule has 0 aromatic rings. The first kappa shape index (κ1) is 12.9. The third-order valence-corrected chi connectivity index (χ3v) is 2.63. The zero-order valence-electron chi connectivity index (χ0n) is 9.75. The summed E-state index contributed by atoms with van der Waals surface area (Å²) in [6.07, 6.45) is 1.42. The number of hydrogen-bond acceptors (Lipinski definition) is 2. The number of piperidine rings is 1. The van der Waals surface area contributed by atoms with E-state index >= 15 is 0 Å². The van der Waals surface area contributed by atoms with Gasteiger partial charge in [-0.1, -0.05) is 13.8 Å². The van der Waals surface area contributed by atoms with E-state index < -0.39 is 0 Å². The van der Waals surface area contributed by atoms with Gasteiger partial charge >= 0.3 is 0 Å². The standard InChI is InChI=1S/C10H21N.CH4O/c1-8(2)11-6-9(3)5-10(4)7-11;1-2/h8-10H,5-7H2,1-4H3;2H,1H3/t9-,10+;. The maximum absolute atomic E-state index is 7.00. The summed E-state index contributed by atoms with van der Waals surface area (Å²) in [4.78, 5) is 2.60. The summed E-state index contributed by atoms with van der Waals surface area (Å²) in [5.41, 5.74) is 0. The van der Waals surface area contributed by atoms with Crippen molar-refractivity contribution in [3.05, 3.63) is 0 Å². The van der Waals surface area contributed by atoms with E-state index in [4.69, 9.17) is 5.11 Å². The lowest BCUT2D eigenvalue weighted by atomic mass is 9.91. The zero-order chi connectivity index (χ0) is 10.4. The number of rotatable bonds is 1. The summed E-state index contributed by atoms with van der Waals surface area (Å²) >= 11 is 0. The van der Waals surface area contributed by atoms with Crippen LogP contribution in [0.2, 0.25) is 0 Å². The Kier molecular flexibility index (Phi) is 6.35. The SMILES string of the molecule is CC(C)N1C[C@H](C)C[C@H](C)C1.CO. The Hall–Kier alpha value is -0.0800. The third kappa shape index (κ3) is 4.63. The molecular weight excluding hydrogens is 162 g/mol. The Morgan fingerprint density at radius 2 is 1.46 bits per heavy atom. The first-order valence-corrected chi connectivity index (χ1v) is 5.28. The van der Waals surface area contributed by atoms with E-state index in [-0.39, 0.29) is 0 Å². The fourth-order valence-electron chi connectivity index (χ4n) is 2.13. The fraction of sp³-hybridized carbons (Fsp3) is 1.00. The highest BCUT2D eigenvalue weighted by Gasteiger charge is 2.22. The van der Waals surface area contributed by atoms with Crippen LogP contribution in [0.15, 0.2) is 0 Å². The molecule has 2 heteroatoms. The van der Waals surface area contributed by atoms with Crippen LogP contribution in [0, 0.1) is 11.8 Å². The minimum atomic E-state index is 0.736. The van der Waals surface area contributed by atoms with Crippen molar-refractivity contribution < 1.29 is 5.11 Å². The average molecular weight is 187 g/mol. The molecule has 80 valence electrons. The highest BCUT2D eigenvalue weighted by atomic mass is 16.2. The Labute approximate surface area is 82.9 Å². The van der Waals surface area contributed by atoms with Gasteiger partial charge in [0.2, 0.25) is 0 Å². The van der Waals surface area contributed by atoms with E-state index in [0.717, 1.165) is 25.0 Å². The first-order valence-electron chi connectivity index (χ1n) is 5.28. The van der Waals surface area contributed by atoms with Gasteiger partial charge in [0, 0.05) is 26.2 Å². The van der Waals surface area contributed by atoms with Gasteiger partial charge in [-0.2, -0.15) is 0 Å². The molecule has 0 radical (unpaired) electrons. The van der Waals surface area contributed by atoms with Crippen molar-refractivity contribution >= 4 is 0 Å². The molecule has 1 aliphatic heterocycles. The maximum Gasteiger partial charge on any atom is 0.0319 e. The molecule has 2 nitrogen and oxygen atoms in total. The molecule has 1 heterocycles. The smallest absolute Gasteiger partial charge is 0.0319 e. The van der Waals surface area contributed by atoms with Gasteiger partial charge in [-0.3, -0.25) is 0 Å². The summed E-state index contributed by atoms with van der Waals surface area (Å²) < 4.78 is 0. The molecular formula is C11H25NO. The summed E-state index contributed by atoms with van der Waals surface area (Å²) in [5.74, 6) is 1.81. The van der Waals surface area contributed by atoms with Crippen LogP contribution in [0.1, 0.15) is 34.1 Å². The molecule has 0 spiro atoms. The molecule has 0 aliphatic carbocycles. The average Bonchev–Trinajstić information content (AvgIpc) is 2.06. The molecule has 1 fully saturated rings. The van der Waals surface area contributed by atoms with E-state index in [1.807, 2.05) is 0 Å². The lowest BCUT2D eigenvalue weighted by Crippen LogP contribution is -2.42. The van der Waals surface area contributed by atoms with Crippen molar-refractivity contribution in [1.82, 2.24) is 4.90 Å². The van der Waals surface area contributed by atoms with Crippen LogP contribution in [0.25, 0.3) is 0 Å². The molecule has 0 aromatic carbocycles. The van der Waals surface area contributed by atoms with E-state index in [0.29, 0.717) is 0 Å². The second-order valence-corrected chi connectivity index (χ2v) is 4.49. The molecule has 1 saturated heterocycles. The molecule has 0 amide bonds. The predicted octanol–water partition coefficient (Wildman–Crippen LogP) is 1.98. The van der Waals surface area contributed by atoms with Gasteiger partial charge in [-0.15, -0.1) is 0 Å². The first-order chi connectivity index (χ1) is 6.09. The van der Waals surface area contributed by atoms with E-state index in [1.54, 1.807) is 0 Å². The molecule has 13 heavy (non-hydrogen) atoms. The second-order valence-electron chi connectivity index (χ2n) is 4.49. The van der Waals surface area contributed by atoms with Crippen LogP contribution in [-0.2, 0) is 0 Å². The largest absolute Gasteiger partial charge is 0.400 e. The lowest BCUT2D eigenvalue weighted by molar-refractivity contribution is 0.111. The Bertz CT molecular complexity index is 115. The van der Waals surface area contributed by atoms with Crippen LogP contribution >= 0.6 is 0 Å². The third-order valence-electron chi connectivity index (χ3n) is 2.63. The number of nitrogens with zero attached hydrogens (tertiary/aromatic N) is 1. The summed E-state index contributed by atoms with van der Waals surface area (Å²) in [7, 11) is 1.00. The van der Waals surface area contributed by atoms with Crippen molar-refractivity contribution in [1.29, 1.82) is 0 Å². The van der Waals surface area contributed by atoms with Crippen molar-refractivity contribution in [3.8, 4) is 0 Å². The van der Waals surface area contributed by atoms with Crippen molar-refractivity contribution in [3.63, 3.8) is 0 Å². The Morgan fingerprint density at radius 1 is 1.08 bits per heavy atom. The summed E-state index contributed by atoms with van der Waals surface area (Å²) in [5, 5.41) is 7.00. The lowest BCUT2D eigenvalue weighted by Gasteiger charge is -2.37. The van der Waals surface area contributed by atoms with Crippen molar-refractivity contribution in [2.45, 2.75) is 40.2 Å². The Balaban J connectivity index is 0.000000671. The summed E-state index contributed by atoms with van der Waals surface area (Å²) in [6, 6.07) is 0.736. The molecule has 1 rings (SSSR count). The van der Waals surface area contributed by atoms with Gasteiger partial charge < -0.3 is 10.0 Å². The molecule has 0 bridgehead atoms. The summed E-state index contributed by atoms with van der Waals surface area (Å²) in [6.45, 7) is 11.9. The predicted molar refractivity (Wildman–Crippen MR) is 57.8 cm³/mol. The van der Waals surface area contributed by atoms with Crippen LogP contribution in [0.4, 0.5) is 0 Å². The number of likely N-dealkylation sites (tertiary alicyclic amines) is 1. The quantitative estimate of drug-likeness (QED) is 0.678.